The first-order chi connectivity index (χ1) is 30.4. The summed E-state index contributed by atoms with van der Waals surface area (Å²) < 4.78 is 76.1. The van der Waals surface area contributed by atoms with Crippen molar-refractivity contribution in [2.24, 2.45) is 17.8 Å². The quantitative estimate of drug-likeness (QED) is 0.273. The molecule has 0 aliphatic carbocycles. The third-order valence-corrected chi connectivity index (χ3v) is 18.4. The first-order valence-corrected chi connectivity index (χ1v) is 25.2. The Morgan fingerprint density at radius 3 is 2.23 bits per heavy atom. The van der Waals surface area contributed by atoms with Crippen molar-refractivity contribution in [1.29, 1.82) is 0 Å². The summed E-state index contributed by atoms with van der Waals surface area (Å²) in [5.41, 5.74) is -3.16. The molecule has 0 aromatic rings. The number of carbonyl (C=O) groups is 1. The van der Waals surface area contributed by atoms with Gasteiger partial charge in [0.1, 0.15) is 17.8 Å². The summed E-state index contributed by atoms with van der Waals surface area (Å²) in [7, 11) is 0. The van der Waals surface area contributed by atoms with Gasteiger partial charge < -0.3 is 62.3 Å². The van der Waals surface area contributed by atoms with Gasteiger partial charge >= 0.3 is 5.97 Å². The van der Waals surface area contributed by atoms with Crippen LogP contribution in [0.2, 0.25) is 0 Å². The van der Waals surface area contributed by atoms with Crippen LogP contribution >= 0.6 is 0 Å². The molecule has 0 aromatic carbocycles. The molecule has 0 aromatic heterocycles. The third-order valence-electron chi connectivity index (χ3n) is 18.4. The minimum absolute atomic E-state index is 0.0947. The van der Waals surface area contributed by atoms with Crippen LogP contribution in [0.3, 0.4) is 0 Å². The van der Waals surface area contributed by atoms with Gasteiger partial charge in [0.25, 0.3) is 0 Å². The van der Waals surface area contributed by atoms with Gasteiger partial charge in [-0.15, -0.1) is 0 Å². The molecule has 14 heteroatoms. The van der Waals surface area contributed by atoms with E-state index in [0.29, 0.717) is 57.8 Å². The Balaban J connectivity index is 0.773. The zero-order chi connectivity index (χ0) is 44.7. The highest BCUT2D eigenvalue weighted by atomic mass is 16.7. The van der Waals surface area contributed by atoms with E-state index in [9.17, 15) is 15.0 Å². The fourth-order valence-electron chi connectivity index (χ4n) is 14.5. The summed E-state index contributed by atoms with van der Waals surface area (Å²) in [5, 5.41) is 21.2. The van der Waals surface area contributed by atoms with Gasteiger partial charge in [0.15, 0.2) is 0 Å². The fourth-order valence-corrected chi connectivity index (χ4v) is 14.5. The number of hydrogen-bond acceptors (Lipinski definition) is 14. The molecule has 360 valence electrons. The molecule has 11 rings (SSSR count). The molecule has 0 radical (unpaired) electrons. The number of esters is 1. The van der Waals surface area contributed by atoms with Crippen molar-refractivity contribution in [3.63, 3.8) is 0 Å². The third kappa shape index (κ3) is 7.61. The first kappa shape index (κ1) is 45.2. The smallest absolute Gasteiger partial charge is 0.306 e. The molecule has 14 nitrogen and oxygen atoms in total. The van der Waals surface area contributed by atoms with Crippen molar-refractivity contribution >= 4 is 5.97 Å². The van der Waals surface area contributed by atoms with Gasteiger partial charge in [0.2, 0.25) is 0 Å². The summed E-state index contributed by atoms with van der Waals surface area (Å²) in [6.45, 7) is 17.2. The van der Waals surface area contributed by atoms with E-state index in [2.05, 4.69) is 53.7 Å². The van der Waals surface area contributed by atoms with Gasteiger partial charge in [-0.1, -0.05) is 32.9 Å². The monoisotopic (exact) mass is 901 g/mol. The van der Waals surface area contributed by atoms with Crippen molar-refractivity contribution in [3.8, 4) is 0 Å². The lowest BCUT2D eigenvalue weighted by molar-refractivity contribution is -0.356. The van der Waals surface area contributed by atoms with E-state index in [1.807, 2.05) is 13.8 Å². The lowest BCUT2D eigenvalue weighted by Crippen LogP contribution is -2.70. The van der Waals surface area contributed by atoms with Crippen LogP contribution in [0.25, 0.3) is 0 Å². The number of ether oxygens (including phenoxy) is 11. The van der Waals surface area contributed by atoms with E-state index in [4.69, 9.17) is 52.1 Å². The number of aliphatic hydroxyl groups excluding tert-OH is 2. The number of aliphatic hydroxyl groups is 2. The summed E-state index contributed by atoms with van der Waals surface area (Å²) in [5.74, 6) is 0.227. The molecule has 10 saturated heterocycles. The van der Waals surface area contributed by atoms with Crippen molar-refractivity contribution in [2.75, 3.05) is 6.61 Å². The molecule has 2 N–H and O–H groups in total. The van der Waals surface area contributed by atoms with Gasteiger partial charge in [-0.3, -0.25) is 4.79 Å². The summed E-state index contributed by atoms with van der Waals surface area (Å²) in [4.78, 5) is 12.3. The second kappa shape index (κ2) is 16.2. The molecular formula is C50H76O14. The Hall–Kier alpha value is -1.27. The molecule has 11 heterocycles. The highest BCUT2D eigenvalue weighted by Gasteiger charge is 2.64. The van der Waals surface area contributed by atoms with Crippen molar-refractivity contribution in [3.05, 3.63) is 12.2 Å². The lowest BCUT2D eigenvalue weighted by Gasteiger charge is -2.60. The number of rotatable bonds is 3. The first-order valence-electron chi connectivity index (χ1n) is 25.2. The van der Waals surface area contributed by atoms with E-state index >= 15 is 0 Å². The molecular weight excluding hydrogens is 825 g/mol. The van der Waals surface area contributed by atoms with E-state index < -0.39 is 34.1 Å². The van der Waals surface area contributed by atoms with E-state index in [-0.39, 0.29) is 128 Å². The van der Waals surface area contributed by atoms with Crippen molar-refractivity contribution in [2.45, 2.75) is 271 Å². The van der Waals surface area contributed by atoms with E-state index in [0.717, 1.165) is 25.7 Å². The molecule has 11 aliphatic rings. The topological polar surface area (TPSA) is 159 Å². The van der Waals surface area contributed by atoms with E-state index in [1.54, 1.807) is 0 Å². The van der Waals surface area contributed by atoms with Crippen LogP contribution in [-0.2, 0) is 56.9 Å². The van der Waals surface area contributed by atoms with Gasteiger partial charge in [-0.2, -0.15) is 0 Å². The Bertz CT molecular complexity index is 1800. The van der Waals surface area contributed by atoms with Crippen LogP contribution < -0.4 is 0 Å². The predicted molar refractivity (Wildman–Crippen MR) is 229 cm³/mol. The van der Waals surface area contributed by atoms with Crippen LogP contribution in [0.4, 0.5) is 0 Å². The number of fused-ring (bicyclic) bond motifs is 10. The molecule has 64 heavy (non-hydrogen) atoms. The second-order valence-electron chi connectivity index (χ2n) is 23.6. The van der Waals surface area contributed by atoms with Crippen LogP contribution in [0, 0.1) is 17.8 Å². The lowest BCUT2D eigenvalue weighted by atomic mass is 9.72. The average Bonchev–Trinajstić information content (AvgIpc) is 3.43. The SMILES string of the molecule is CC(CO)C[C@@H]1C[C@H](O)[C@]2(C)O[C@@H]3C[C@@H]4O[C@@H]5C[C@]6(C)O[C@]7(C)CC[C@@H]8O[C@@H]9C[C@]%10(C)O[C@@H]%11C(C)CC(=O)O[C@H]%11C[C@H]%10O[C@H]9C[C@@H](C)[C@H]8O[C@H]7C[C@H]6O[C@@]5(C)C/C=C\[C@H]4O[C@H]3C[C@H]2O1. The fraction of sp³-hybridized carbons (Fsp3) is 0.940. The Morgan fingerprint density at radius 1 is 0.656 bits per heavy atom. The maximum atomic E-state index is 12.3. The molecule has 11 aliphatic heterocycles. The highest BCUT2D eigenvalue weighted by Crippen LogP contribution is 2.55. The zero-order valence-electron chi connectivity index (χ0n) is 39.4. The standard InChI is InChI=1S/C50H76O14/c1-25(24-51)14-28-17-37(52)50(8)41(54-28)19-33-34(61-50)18-32-29(55-33)10-9-12-46(4)42(58-32)23-49(7)40(62-46)21-39-47(5,64-49)13-11-30-44(60-39)26(2)15-31-36(56-30)22-48(6)38(57-31)20-35-45(63-48)27(3)16-43(53)59-35/h9-10,25-42,44-45,51-52H,11-24H2,1-8H3/b10-9-/t25?,26-,27?,28-,29-,30+,31+,32+,33+,34-,35+,36-,37+,38-,39+,40-,41-,42-,44-,45-,46+,47-,48+,49+,50+/m1/s1. The van der Waals surface area contributed by atoms with Gasteiger partial charge in [0, 0.05) is 51.6 Å². The Kier molecular flexibility index (Phi) is 11.4. The normalized spacial score (nSPS) is 58.8. The Morgan fingerprint density at radius 2 is 1.42 bits per heavy atom. The second-order valence-corrected chi connectivity index (χ2v) is 23.6. The van der Waals surface area contributed by atoms with Crippen LogP contribution in [0.5, 0.6) is 0 Å². The molecule has 2 unspecified atom stereocenters. The zero-order valence-corrected chi connectivity index (χ0v) is 39.4. The molecule has 10 fully saturated rings. The maximum Gasteiger partial charge on any atom is 0.306 e. The number of carbonyl (C=O) groups excluding carboxylic acids is 1. The van der Waals surface area contributed by atoms with Gasteiger partial charge in [-0.25, -0.2) is 0 Å². The van der Waals surface area contributed by atoms with Gasteiger partial charge in [-0.05, 0) is 84.5 Å². The van der Waals surface area contributed by atoms with Crippen molar-refractivity contribution in [1.82, 2.24) is 0 Å². The molecule has 0 saturated carbocycles. The largest absolute Gasteiger partial charge is 0.459 e. The average molecular weight is 901 g/mol. The maximum absolute atomic E-state index is 12.3. The van der Waals surface area contributed by atoms with Crippen LogP contribution in [-0.4, -0.2) is 155 Å². The summed E-state index contributed by atoms with van der Waals surface area (Å²) in [6, 6.07) is 0. The molecule has 25 atom stereocenters. The van der Waals surface area contributed by atoms with Crippen LogP contribution in [0.15, 0.2) is 12.2 Å². The highest BCUT2D eigenvalue weighted by molar-refractivity contribution is 5.71. The summed E-state index contributed by atoms with van der Waals surface area (Å²) >= 11 is 0. The predicted octanol–water partition coefficient (Wildman–Crippen LogP) is 5.43. The molecule has 0 bridgehead atoms. The van der Waals surface area contributed by atoms with Crippen LogP contribution in [0.1, 0.15) is 139 Å². The molecule has 0 spiro atoms. The minimum Gasteiger partial charge on any atom is -0.459 e. The van der Waals surface area contributed by atoms with E-state index in [1.165, 1.54) is 0 Å². The van der Waals surface area contributed by atoms with Gasteiger partial charge in [0.05, 0.1) is 120 Å². The minimum atomic E-state index is -0.854. The molecule has 0 amide bonds. The Labute approximate surface area is 379 Å². The summed E-state index contributed by atoms with van der Waals surface area (Å²) in [6.07, 6.45) is 9.23. The number of hydrogen-bond donors (Lipinski definition) is 2. The van der Waals surface area contributed by atoms with Crippen molar-refractivity contribution < 1.29 is 67.1 Å².